The molecule has 2 heteroatoms. The highest BCUT2D eigenvalue weighted by molar-refractivity contribution is 5.89. The van der Waals surface area contributed by atoms with Crippen LogP contribution in [0.5, 0.6) is 0 Å². The van der Waals surface area contributed by atoms with Gasteiger partial charge in [-0.05, 0) is 43.7 Å². The van der Waals surface area contributed by atoms with Crippen molar-refractivity contribution in [3.05, 3.63) is 35.9 Å². The van der Waals surface area contributed by atoms with Crippen LogP contribution in [-0.2, 0) is 4.74 Å². The topological polar surface area (TPSA) is 26.3 Å². The molecular formula is C15H20O2. The molecule has 0 spiro atoms. The van der Waals surface area contributed by atoms with Gasteiger partial charge in [0, 0.05) is 0 Å². The van der Waals surface area contributed by atoms with Crippen LogP contribution in [0.1, 0.15) is 49.4 Å². The van der Waals surface area contributed by atoms with Crippen molar-refractivity contribution in [1.82, 2.24) is 0 Å². The Bertz CT molecular complexity index is 350. The molecule has 1 aliphatic carbocycles. The van der Waals surface area contributed by atoms with Gasteiger partial charge in [-0.15, -0.1) is 0 Å². The smallest absolute Gasteiger partial charge is 0.338 e. The Balaban J connectivity index is 1.84. The number of hydrogen-bond donors (Lipinski definition) is 0. The third kappa shape index (κ3) is 3.32. The maximum atomic E-state index is 11.8. The lowest BCUT2D eigenvalue weighted by Gasteiger charge is -2.27. The largest absolute Gasteiger partial charge is 0.459 e. The van der Waals surface area contributed by atoms with Gasteiger partial charge in [-0.1, -0.05) is 31.5 Å². The van der Waals surface area contributed by atoms with Gasteiger partial charge in [0.15, 0.2) is 0 Å². The fraction of sp³-hybridized carbons (Fsp3) is 0.533. The molecule has 1 aliphatic rings. The Morgan fingerprint density at radius 1 is 1.18 bits per heavy atom. The minimum Gasteiger partial charge on any atom is -0.459 e. The third-order valence-corrected chi connectivity index (χ3v) is 3.65. The summed E-state index contributed by atoms with van der Waals surface area (Å²) in [6, 6.07) is 9.25. The Morgan fingerprint density at radius 2 is 1.82 bits per heavy atom. The number of carbonyl (C=O) groups excluding carboxylic acids is 1. The molecular weight excluding hydrogens is 212 g/mol. The first-order valence-corrected chi connectivity index (χ1v) is 6.55. The van der Waals surface area contributed by atoms with Crippen LogP contribution in [0.3, 0.4) is 0 Å². The first-order chi connectivity index (χ1) is 8.29. The summed E-state index contributed by atoms with van der Waals surface area (Å²) >= 11 is 0. The van der Waals surface area contributed by atoms with E-state index >= 15 is 0 Å². The first kappa shape index (κ1) is 12.2. The van der Waals surface area contributed by atoms with Gasteiger partial charge in [0.1, 0.15) is 6.10 Å². The van der Waals surface area contributed by atoms with E-state index in [1.165, 1.54) is 19.3 Å². The van der Waals surface area contributed by atoms with E-state index in [2.05, 4.69) is 6.92 Å². The second kappa shape index (κ2) is 5.85. The molecule has 0 radical (unpaired) electrons. The summed E-state index contributed by atoms with van der Waals surface area (Å²) in [4.78, 5) is 11.8. The number of hydrogen-bond acceptors (Lipinski definition) is 2. The standard InChI is InChI=1S/C15H20O2/c1-2-12-8-10-14(11-9-12)17-15(16)13-6-4-3-5-7-13/h3-7,12,14H,2,8-11H2,1H3. The molecule has 0 bridgehead atoms. The molecule has 1 aromatic rings. The van der Waals surface area contributed by atoms with E-state index < -0.39 is 0 Å². The van der Waals surface area contributed by atoms with Crippen molar-refractivity contribution in [2.24, 2.45) is 5.92 Å². The summed E-state index contributed by atoms with van der Waals surface area (Å²) in [6.07, 6.45) is 5.82. The highest BCUT2D eigenvalue weighted by Gasteiger charge is 2.23. The van der Waals surface area contributed by atoms with Crippen molar-refractivity contribution in [3.8, 4) is 0 Å². The minimum atomic E-state index is -0.175. The lowest BCUT2D eigenvalue weighted by atomic mass is 9.86. The fourth-order valence-electron chi connectivity index (χ4n) is 2.45. The summed E-state index contributed by atoms with van der Waals surface area (Å²) in [6.45, 7) is 2.24. The average molecular weight is 232 g/mol. The van der Waals surface area contributed by atoms with Crippen LogP contribution in [0.4, 0.5) is 0 Å². The molecule has 1 aromatic carbocycles. The molecule has 92 valence electrons. The molecule has 0 aromatic heterocycles. The summed E-state index contributed by atoms with van der Waals surface area (Å²) in [7, 11) is 0. The average Bonchev–Trinajstić information content (AvgIpc) is 2.40. The van der Waals surface area contributed by atoms with E-state index in [4.69, 9.17) is 4.74 Å². The summed E-state index contributed by atoms with van der Waals surface area (Å²) < 4.78 is 5.53. The van der Waals surface area contributed by atoms with E-state index in [0.717, 1.165) is 18.8 Å². The van der Waals surface area contributed by atoms with Crippen molar-refractivity contribution in [1.29, 1.82) is 0 Å². The lowest BCUT2D eigenvalue weighted by molar-refractivity contribution is 0.0164. The molecule has 2 rings (SSSR count). The van der Waals surface area contributed by atoms with Gasteiger partial charge >= 0.3 is 5.97 Å². The second-order valence-electron chi connectivity index (χ2n) is 4.82. The lowest BCUT2D eigenvalue weighted by Crippen LogP contribution is -2.24. The summed E-state index contributed by atoms with van der Waals surface area (Å²) in [5, 5.41) is 0. The first-order valence-electron chi connectivity index (χ1n) is 6.55. The van der Waals surface area contributed by atoms with Gasteiger partial charge in [-0.3, -0.25) is 0 Å². The zero-order chi connectivity index (χ0) is 12.1. The van der Waals surface area contributed by atoms with Crippen LogP contribution in [-0.4, -0.2) is 12.1 Å². The van der Waals surface area contributed by atoms with Gasteiger partial charge in [0.25, 0.3) is 0 Å². The minimum absolute atomic E-state index is 0.130. The molecule has 2 nitrogen and oxygen atoms in total. The number of esters is 1. The predicted octanol–water partition coefficient (Wildman–Crippen LogP) is 3.81. The molecule has 1 fully saturated rings. The van der Waals surface area contributed by atoms with Gasteiger partial charge < -0.3 is 4.74 Å². The molecule has 0 atom stereocenters. The molecule has 0 saturated heterocycles. The van der Waals surface area contributed by atoms with Gasteiger partial charge in [0.05, 0.1) is 5.56 Å². The van der Waals surface area contributed by atoms with Gasteiger partial charge in [0.2, 0.25) is 0 Å². The molecule has 1 saturated carbocycles. The summed E-state index contributed by atoms with van der Waals surface area (Å²) in [5.74, 6) is 0.659. The Morgan fingerprint density at radius 3 is 2.41 bits per heavy atom. The summed E-state index contributed by atoms with van der Waals surface area (Å²) in [5.41, 5.74) is 0.658. The fourth-order valence-corrected chi connectivity index (χ4v) is 2.45. The zero-order valence-electron chi connectivity index (χ0n) is 10.4. The molecule has 0 aliphatic heterocycles. The molecule has 0 N–H and O–H groups in total. The Hall–Kier alpha value is -1.31. The van der Waals surface area contributed by atoms with Crippen LogP contribution in [0.25, 0.3) is 0 Å². The molecule has 17 heavy (non-hydrogen) atoms. The van der Waals surface area contributed by atoms with Crippen LogP contribution < -0.4 is 0 Å². The number of carbonyl (C=O) groups is 1. The van der Waals surface area contributed by atoms with Crippen LogP contribution in [0, 0.1) is 5.92 Å². The van der Waals surface area contributed by atoms with E-state index in [-0.39, 0.29) is 12.1 Å². The number of rotatable bonds is 3. The highest BCUT2D eigenvalue weighted by Crippen LogP contribution is 2.28. The SMILES string of the molecule is CCC1CCC(OC(=O)c2ccccc2)CC1. The van der Waals surface area contributed by atoms with Crippen LogP contribution in [0.15, 0.2) is 30.3 Å². The van der Waals surface area contributed by atoms with Crippen molar-refractivity contribution in [2.45, 2.75) is 45.1 Å². The van der Waals surface area contributed by atoms with Crippen molar-refractivity contribution in [2.75, 3.05) is 0 Å². The van der Waals surface area contributed by atoms with E-state index in [1.54, 1.807) is 12.1 Å². The van der Waals surface area contributed by atoms with Crippen molar-refractivity contribution in [3.63, 3.8) is 0 Å². The Labute approximate surface area is 103 Å². The predicted molar refractivity (Wildman–Crippen MR) is 67.9 cm³/mol. The van der Waals surface area contributed by atoms with Crippen molar-refractivity contribution >= 4 is 5.97 Å². The normalized spacial score (nSPS) is 24.3. The van der Waals surface area contributed by atoms with E-state index in [0.29, 0.717) is 5.56 Å². The third-order valence-electron chi connectivity index (χ3n) is 3.65. The maximum absolute atomic E-state index is 11.8. The molecule has 0 heterocycles. The molecule has 0 unspecified atom stereocenters. The van der Waals surface area contributed by atoms with E-state index in [1.807, 2.05) is 18.2 Å². The number of benzene rings is 1. The van der Waals surface area contributed by atoms with Crippen LogP contribution in [0.2, 0.25) is 0 Å². The van der Waals surface area contributed by atoms with E-state index in [9.17, 15) is 4.79 Å². The van der Waals surface area contributed by atoms with Gasteiger partial charge in [-0.2, -0.15) is 0 Å². The number of ether oxygens (including phenoxy) is 1. The van der Waals surface area contributed by atoms with Crippen molar-refractivity contribution < 1.29 is 9.53 Å². The second-order valence-corrected chi connectivity index (χ2v) is 4.82. The Kier molecular flexibility index (Phi) is 4.18. The van der Waals surface area contributed by atoms with Gasteiger partial charge in [-0.25, -0.2) is 4.79 Å². The van der Waals surface area contributed by atoms with Crippen LogP contribution >= 0.6 is 0 Å². The monoisotopic (exact) mass is 232 g/mol. The zero-order valence-corrected chi connectivity index (χ0v) is 10.4. The molecule has 0 amide bonds. The quantitative estimate of drug-likeness (QED) is 0.741. The maximum Gasteiger partial charge on any atom is 0.338 e. The highest BCUT2D eigenvalue weighted by atomic mass is 16.5.